The SMILES string of the molecule is CN[C@H](CC(C)C)C(=O)N[C@H]1C(=O)N[C@@H](CC(N)=O)C(=O)NC2C(=O)N[C@H]3C(=O)N[C@H](C(=O)NC(C=O)c4cc(O)cc(O)c4-c4cc3ccc4O)[C@H](O)c3ccc(c(Cl)c3)Oc3cc2cc(c3O[C@@H]2O[C@H](CO)[C@@H](O)[C@H](O)[C@H]2OC2C[C@](C)(N)[C@H](O)[C@H](C)O2)Oc2ccc(cc2Cl)[C@H]1O. The van der Waals surface area contributed by atoms with Crippen LogP contribution in [-0.4, -0.2) is 186 Å². The first-order valence-electron chi connectivity index (χ1n) is 31.5. The van der Waals surface area contributed by atoms with Crippen LogP contribution in [0.3, 0.4) is 0 Å². The summed E-state index contributed by atoms with van der Waals surface area (Å²) in [5.41, 5.74) is 8.67. The van der Waals surface area contributed by atoms with E-state index < -0.39 is 209 Å². The minimum Gasteiger partial charge on any atom is -0.508 e. The van der Waals surface area contributed by atoms with Crippen molar-refractivity contribution in [2.45, 2.75) is 156 Å². The molecule has 34 heteroatoms. The standard InChI is InChI=1S/C66H75Cl2N9O23/c1-24(2)12-35(71-5)59(89)76-50-52(84)27-7-10-40(33(67)14-27)96-42-16-29-17-43(56(42)100-65-57(55(87)54(86)44(23-79)98-65)99-46-21-66(4,70)58(88)25(3)95-46)97-41-11-8-28(15-34(41)68)53(85)51-64(94)73-37(22-78)31-18-30(80)19-39(82)47(31)32-13-26(6-9-38(32)81)48(61(91)77-51)75-62(92)49(29)74-60(90)36(20-45(69)83)72-63(50)93/h6-11,13-19,22,24-25,35-37,44,46,48-55,57-58,65,71,79-82,84-88H,12,20-21,23,70H2,1-5H3,(H2,69,83)(H,72,93)(H,73,94)(H,74,90)(H,75,92)(H,76,89)(H,77,91)/t25-,35+,36-,37?,44+,46?,48+,49?,50+,51-,52+,53+,54+,55-,57+,58+,65-,66-/m0/s1. The normalized spacial score (nSPS) is 29.6. The molecule has 536 valence electrons. The lowest BCUT2D eigenvalue weighted by Crippen LogP contribution is -2.64. The summed E-state index contributed by atoms with van der Waals surface area (Å²) in [5, 5.41) is 120. The number of aromatic hydroxyl groups is 3. The van der Waals surface area contributed by atoms with Crippen LogP contribution in [0.2, 0.25) is 10.0 Å². The smallest absolute Gasteiger partial charge is 0.248 e. The summed E-state index contributed by atoms with van der Waals surface area (Å²) in [6, 6.07) is 0.573. The predicted molar refractivity (Wildman–Crippen MR) is 348 cm³/mol. The molecule has 7 heterocycles. The van der Waals surface area contributed by atoms with Gasteiger partial charge in [-0.1, -0.05) is 55.2 Å². The molecule has 3 unspecified atom stereocenters. The molecule has 18 atom stereocenters. The van der Waals surface area contributed by atoms with Crippen molar-refractivity contribution in [3.05, 3.63) is 117 Å². The molecular formula is C66H75Cl2N9O23. The van der Waals surface area contributed by atoms with Crippen molar-refractivity contribution in [2.24, 2.45) is 17.4 Å². The number of aliphatic hydroxyl groups excluding tert-OH is 6. The number of aldehydes is 1. The number of fused-ring (bicyclic) bond motifs is 15. The summed E-state index contributed by atoms with van der Waals surface area (Å²) in [6.45, 7) is 5.70. The molecule has 32 nitrogen and oxygen atoms in total. The van der Waals surface area contributed by atoms with Gasteiger partial charge in [-0.2, -0.15) is 0 Å². The van der Waals surface area contributed by atoms with Gasteiger partial charge in [0, 0.05) is 29.2 Å². The van der Waals surface area contributed by atoms with Crippen LogP contribution in [0.15, 0.2) is 78.9 Å². The molecule has 2 saturated heterocycles. The predicted octanol–water partition coefficient (Wildman–Crippen LogP) is 0.221. The minimum atomic E-state index is -2.32. The van der Waals surface area contributed by atoms with Crippen molar-refractivity contribution >= 4 is 70.8 Å². The maximum absolute atomic E-state index is 16.0. The summed E-state index contributed by atoms with van der Waals surface area (Å²) in [6.07, 6.45) is -18.1. The van der Waals surface area contributed by atoms with Gasteiger partial charge in [0.05, 0.1) is 41.3 Å². The second-order valence-electron chi connectivity index (χ2n) is 25.6. The van der Waals surface area contributed by atoms with Crippen molar-refractivity contribution < 1.29 is 113 Å². The molecule has 0 radical (unpaired) electrons. The van der Waals surface area contributed by atoms with Crippen molar-refractivity contribution in [1.82, 2.24) is 37.2 Å². The maximum atomic E-state index is 16.0. The minimum absolute atomic E-state index is 0.0894. The zero-order chi connectivity index (χ0) is 72.7. The summed E-state index contributed by atoms with van der Waals surface area (Å²) in [4.78, 5) is 117. The summed E-state index contributed by atoms with van der Waals surface area (Å²) in [7, 11) is 1.48. The van der Waals surface area contributed by atoms with E-state index in [2.05, 4.69) is 37.2 Å². The Hall–Kier alpha value is -9.00. The number of hydrogen-bond acceptors (Lipinski definition) is 25. The van der Waals surface area contributed by atoms with Crippen LogP contribution in [0.1, 0.15) is 105 Å². The third-order valence-corrected chi connectivity index (χ3v) is 18.3. The number of primary amides is 1. The van der Waals surface area contributed by atoms with E-state index in [9.17, 15) is 69.9 Å². The molecule has 100 heavy (non-hydrogen) atoms. The number of rotatable bonds is 13. The van der Waals surface area contributed by atoms with E-state index in [4.69, 9.17) is 63.1 Å². The first-order chi connectivity index (χ1) is 47.3. The van der Waals surface area contributed by atoms with Crippen molar-refractivity contribution in [3.63, 3.8) is 0 Å². The van der Waals surface area contributed by atoms with E-state index in [1.807, 2.05) is 13.8 Å². The Balaban J connectivity index is 1.24. The van der Waals surface area contributed by atoms with Crippen LogP contribution in [0.25, 0.3) is 11.1 Å². The van der Waals surface area contributed by atoms with Crippen molar-refractivity contribution in [2.75, 3.05) is 13.7 Å². The van der Waals surface area contributed by atoms with Crippen molar-refractivity contribution in [1.29, 1.82) is 0 Å². The monoisotopic (exact) mass is 1430 g/mol. The third kappa shape index (κ3) is 15.5. The number of ether oxygens (including phenoxy) is 6. The number of phenols is 3. The Kier molecular flexibility index (Phi) is 22.2. The fourth-order valence-corrected chi connectivity index (χ4v) is 12.9. The highest BCUT2D eigenvalue weighted by Crippen LogP contribution is 2.50. The highest BCUT2D eigenvalue weighted by atomic mass is 35.5. The molecule has 5 aromatic carbocycles. The number of carbonyl (C=O) groups excluding carboxylic acids is 8. The molecule has 7 amide bonds. The summed E-state index contributed by atoms with van der Waals surface area (Å²) in [5.74, 6) is -13.4. The highest BCUT2D eigenvalue weighted by molar-refractivity contribution is 6.32. The maximum Gasteiger partial charge on any atom is 0.248 e. The molecule has 20 N–H and O–H groups in total. The van der Waals surface area contributed by atoms with E-state index in [1.54, 1.807) is 0 Å². The Morgan fingerprint density at radius 2 is 1.34 bits per heavy atom. The van der Waals surface area contributed by atoms with E-state index in [0.29, 0.717) is 0 Å². The quantitative estimate of drug-likeness (QED) is 0.0701. The molecule has 7 aliphatic rings. The van der Waals surface area contributed by atoms with Gasteiger partial charge >= 0.3 is 0 Å². The molecule has 5 aromatic rings. The van der Waals surface area contributed by atoms with Gasteiger partial charge in [0.25, 0.3) is 0 Å². The third-order valence-electron chi connectivity index (χ3n) is 17.7. The Morgan fingerprint density at radius 1 is 0.730 bits per heavy atom. The fraction of sp³-hybridized carbons (Fsp3) is 0.424. The van der Waals surface area contributed by atoms with Gasteiger partial charge in [-0.15, -0.1) is 0 Å². The molecule has 12 rings (SSSR count). The number of phenolic OH excluding ortho intramolecular Hbond substituents is 3. The molecular weight excluding hydrogens is 1360 g/mol. The lowest BCUT2D eigenvalue weighted by molar-refractivity contribution is -0.333. The molecule has 0 spiro atoms. The van der Waals surface area contributed by atoms with Crippen LogP contribution in [0.5, 0.6) is 46.0 Å². The lowest BCUT2D eigenvalue weighted by Gasteiger charge is -2.47. The number of amides is 7. The average Bonchev–Trinajstić information content (AvgIpc) is 0.770. The van der Waals surface area contributed by atoms with Crippen LogP contribution in [0.4, 0.5) is 0 Å². The zero-order valence-corrected chi connectivity index (χ0v) is 55.5. The molecule has 0 aromatic heterocycles. The number of nitrogens with two attached hydrogens (primary N) is 2. The largest absolute Gasteiger partial charge is 0.508 e. The Bertz CT molecular complexity index is 4020. The number of halogens is 2. The number of hydrogen-bond donors (Lipinski definition) is 18. The van der Waals surface area contributed by atoms with Gasteiger partial charge in [0.1, 0.15) is 102 Å². The van der Waals surface area contributed by atoms with Crippen molar-refractivity contribution in [3.8, 4) is 57.1 Å². The molecule has 0 aliphatic carbocycles. The zero-order valence-electron chi connectivity index (χ0n) is 54.0. The van der Waals surface area contributed by atoms with E-state index in [1.165, 1.54) is 39.1 Å². The van der Waals surface area contributed by atoms with Gasteiger partial charge in [0.15, 0.2) is 23.9 Å². The second kappa shape index (κ2) is 30.1. The molecule has 11 bridgehead atoms. The number of likely N-dealkylation sites (N-methyl/N-ethyl adjacent to an activating group) is 1. The number of carbonyl (C=O) groups is 8. The van der Waals surface area contributed by atoms with Gasteiger partial charge < -0.3 is 128 Å². The van der Waals surface area contributed by atoms with Gasteiger partial charge in [0.2, 0.25) is 53.4 Å². The Labute approximate surface area is 579 Å². The Morgan fingerprint density at radius 3 is 1.93 bits per heavy atom. The van der Waals surface area contributed by atoms with Crippen LogP contribution < -0.4 is 62.9 Å². The molecule has 2 fully saturated rings. The van der Waals surface area contributed by atoms with Gasteiger partial charge in [-0.3, -0.25) is 33.6 Å². The van der Waals surface area contributed by atoms with E-state index in [0.717, 1.165) is 60.7 Å². The van der Waals surface area contributed by atoms with E-state index in [-0.39, 0.29) is 74.9 Å². The van der Waals surface area contributed by atoms with E-state index >= 15 is 14.4 Å². The average molecular weight is 1430 g/mol. The second-order valence-corrected chi connectivity index (χ2v) is 26.4. The highest BCUT2D eigenvalue weighted by Gasteiger charge is 2.51. The molecule has 0 saturated carbocycles. The first-order valence-corrected chi connectivity index (χ1v) is 32.2. The number of aliphatic hydroxyl groups is 6. The summed E-state index contributed by atoms with van der Waals surface area (Å²) >= 11 is 14.1. The number of nitrogens with one attached hydrogen (secondary N) is 7. The van der Waals surface area contributed by atoms with Gasteiger partial charge in [-0.05, 0) is 116 Å². The summed E-state index contributed by atoms with van der Waals surface area (Å²) < 4.78 is 38.3. The van der Waals surface area contributed by atoms with Crippen LogP contribution in [-0.2, 0) is 52.6 Å². The molecule has 7 aliphatic heterocycles. The topological polar surface area (TPSA) is 510 Å². The van der Waals surface area contributed by atoms with Crippen LogP contribution >= 0.6 is 23.2 Å². The van der Waals surface area contributed by atoms with Crippen LogP contribution in [0, 0.1) is 5.92 Å². The first kappa shape index (κ1) is 73.7. The fourth-order valence-electron chi connectivity index (χ4n) is 12.4. The lowest BCUT2D eigenvalue weighted by atomic mass is 9.86. The number of benzene rings is 5. The van der Waals surface area contributed by atoms with Gasteiger partial charge in [-0.25, -0.2) is 0 Å².